The van der Waals surface area contributed by atoms with Gasteiger partial charge in [-0.3, -0.25) is 9.78 Å². The maximum Gasteiger partial charge on any atom is 0.253 e. The van der Waals surface area contributed by atoms with Gasteiger partial charge in [-0.25, -0.2) is 4.39 Å². The molecular weight excluding hydrogens is 285 g/mol. The highest BCUT2D eigenvalue weighted by Gasteiger charge is 2.11. The summed E-state index contributed by atoms with van der Waals surface area (Å²) in [5.41, 5.74) is 1.65. The zero-order valence-corrected chi connectivity index (χ0v) is 12.8. The first-order chi connectivity index (χ1) is 10.6. The van der Waals surface area contributed by atoms with Crippen molar-refractivity contribution in [3.63, 3.8) is 0 Å². The first-order valence-corrected chi connectivity index (χ1v) is 7.16. The second-order valence-electron chi connectivity index (χ2n) is 4.96. The van der Waals surface area contributed by atoms with Crippen LogP contribution in [0.15, 0.2) is 24.3 Å². The number of fused-ring (bicyclic) bond motifs is 1. The molecule has 0 bridgehead atoms. The molecule has 0 atom stereocenters. The van der Waals surface area contributed by atoms with E-state index in [-0.39, 0.29) is 11.7 Å². The Kier molecular flexibility index (Phi) is 5.80. The van der Waals surface area contributed by atoms with Gasteiger partial charge in [0.25, 0.3) is 5.91 Å². The average molecular weight is 305 g/mol. The van der Waals surface area contributed by atoms with Crippen LogP contribution in [0.5, 0.6) is 0 Å². The van der Waals surface area contributed by atoms with E-state index >= 15 is 0 Å². The molecule has 0 spiro atoms. The van der Waals surface area contributed by atoms with Gasteiger partial charge in [-0.15, -0.1) is 0 Å². The Morgan fingerprint density at radius 3 is 2.86 bits per heavy atom. The molecule has 1 heterocycles. The predicted octanol–water partition coefficient (Wildman–Crippen LogP) is 1.65. The first kappa shape index (κ1) is 16.3. The zero-order chi connectivity index (χ0) is 15.9. The Bertz CT molecular complexity index is 661. The number of methoxy groups -OCH3 is 1. The van der Waals surface area contributed by atoms with E-state index in [4.69, 9.17) is 4.74 Å². The molecule has 0 unspecified atom stereocenters. The highest BCUT2D eigenvalue weighted by Crippen LogP contribution is 2.17. The van der Waals surface area contributed by atoms with Crippen LogP contribution in [0.1, 0.15) is 16.1 Å². The molecule has 0 aliphatic carbocycles. The Labute approximate surface area is 128 Å². The lowest BCUT2D eigenvalue weighted by atomic mass is 10.1. The van der Waals surface area contributed by atoms with E-state index in [1.54, 1.807) is 26.2 Å². The van der Waals surface area contributed by atoms with E-state index in [0.29, 0.717) is 36.5 Å². The predicted molar refractivity (Wildman–Crippen MR) is 83.5 cm³/mol. The smallest absolute Gasteiger partial charge is 0.253 e. The fraction of sp³-hybridized carbons (Fsp3) is 0.375. The van der Waals surface area contributed by atoms with Crippen LogP contribution in [0.3, 0.4) is 0 Å². The number of nitrogens with zero attached hydrogens (tertiary/aromatic N) is 1. The highest BCUT2D eigenvalue weighted by molar-refractivity contribution is 5.98. The van der Waals surface area contributed by atoms with Crippen molar-refractivity contribution < 1.29 is 13.9 Å². The van der Waals surface area contributed by atoms with E-state index in [2.05, 4.69) is 15.6 Å². The summed E-state index contributed by atoms with van der Waals surface area (Å²) in [5, 5.41) is 6.73. The van der Waals surface area contributed by atoms with Crippen molar-refractivity contribution in [3.8, 4) is 0 Å². The molecule has 1 aromatic carbocycles. The number of hydrogen-bond donors (Lipinski definition) is 2. The number of amides is 1. The van der Waals surface area contributed by atoms with Crippen LogP contribution < -0.4 is 10.6 Å². The summed E-state index contributed by atoms with van der Waals surface area (Å²) in [6.07, 6.45) is 0. The van der Waals surface area contributed by atoms with Crippen molar-refractivity contribution in [2.75, 3.05) is 33.4 Å². The summed E-state index contributed by atoms with van der Waals surface area (Å²) in [4.78, 5) is 16.5. The Morgan fingerprint density at radius 1 is 1.27 bits per heavy atom. The van der Waals surface area contributed by atoms with Crippen molar-refractivity contribution in [1.82, 2.24) is 15.6 Å². The summed E-state index contributed by atoms with van der Waals surface area (Å²) < 4.78 is 18.1. The maximum absolute atomic E-state index is 13.2. The summed E-state index contributed by atoms with van der Waals surface area (Å²) in [7, 11) is 1.64. The number of nitrogens with one attached hydrogen (secondary N) is 2. The van der Waals surface area contributed by atoms with Gasteiger partial charge >= 0.3 is 0 Å². The molecule has 0 aliphatic rings. The Hall–Kier alpha value is -2.05. The van der Waals surface area contributed by atoms with Crippen LogP contribution in [0.25, 0.3) is 10.9 Å². The van der Waals surface area contributed by atoms with Gasteiger partial charge in [-0.05, 0) is 25.1 Å². The van der Waals surface area contributed by atoms with Gasteiger partial charge in [-0.2, -0.15) is 0 Å². The third-order valence-electron chi connectivity index (χ3n) is 3.29. The second kappa shape index (κ2) is 7.82. The molecule has 2 aromatic rings. The van der Waals surface area contributed by atoms with Crippen LogP contribution in [-0.2, 0) is 4.74 Å². The van der Waals surface area contributed by atoms with Crippen molar-refractivity contribution >= 4 is 16.8 Å². The van der Waals surface area contributed by atoms with Crippen molar-refractivity contribution in [2.45, 2.75) is 6.92 Å². The number of aromatic nitrogens is 1. The number of halogens is 1. The highest BCUT2D eigenvalue weighted by atomic mass is 19.1. The SMILES string of the molecule is COCCNCCNC(=O)c1cc2ccc(F)cc2nc1C. The minimum Gasteiger partial charge on any atom is -0.383 e. The van der Waals surface area contributed by atoms with Gasteiger partial charge in [0.2, 0.25) is 0 Å². The minimum absolute atomic E-state index is 0.176. The third-order valence-corrected chi connectivity index (χ3v) is 3.29. The molecule has 1 aromatic heterocycles. The molecule has 0 saturated heterocycles. The van der Waals surface area contributed by atoms with Crippen LogP contribution in [0.4, 0.5) is 4.39 Å². The molecule has 0 radical (unpaired) electrons. The monoisotopic (exact) mass is 305 g/mol. The minimum atomic E-state index is -0.335. The molecule has 1 amide bonds. The van der Waals surface area contributed by atoms with Crippen LogP contribution in [-0.4, -0.2) is 44.2 Å². The number of carbonyl (C=O) groups is 1. The largest absolute Gasteiger partial charge is 0.383 e. The lowest BCUT2D eigenvalue weighted by molar-refractivity contribution is 0.0953. The van der Waals surface area contributed by atoms with E-state index < -0.39 is 0 Å². The molecule has 2 N–H and O–H groups in total. The maximum atomic E-state index is 13.2. The number of benzene rings is 1. The summed E-state index contributed by atoms with van der Waals surface area (Å²) in [6, 6.07) is 6.09. The second-order valence-corrected chi connectivity index (χ2v) is 4.96. The summed E-state index contributed by atoms with van der Waals surface area (Å²) in [6.45, 7) is 4.31. The van der Waals surface area contributed by atoms with E-state index in [1.807, 2.05) is 0 Å². The molecule has 5 nitrogen and oxygen atoms in total. The van der Waals surface area contributed by atoms with E-state index in [0.717, 1.165) is 11.9 Å². The number of pyridine rings is 1. The molecule has 6 heteroatoms. The molecular formula is C16H20FN3O2. The number of aryl methyl sites for hydroxylation is 1. The van der Waals surface area contributed by atoms with Crippen LogP contribution in [0.2, 0.25) is 0 Å². The van der Waals surface area contributed by atoms with E-state index in [9.17, 15) is 9.18 Å². The molecule has 0 aliphatic heterocycles. The van der Waals surface area contributed by atoms with Gasteiger partial charge in [-0.1, -0.05) is 0 Å². The standard InChI is InChI=1S/C16H20FN3O2/c1-11-14(16(21)19-6-5-18-7-8-22-2)9-12-3-4-13(17)10-15(12)20-11/h3-4,9-10,18H,5-8H2,1-2H3,(H,19,21). The van der Waals surface area contributed by atoms with Gasteiger partial charge in [0.15, 0.2) is 0 Å². The average Bonchev–Trinajstić information content (AvgIpc) is 2.49. The summed E-state index contributed by atoms with van der Waals surface area (Å²) in [5.74, 6) is -0.511. The molecule has 118 valence electrons. The lowest BCUT2D eigenvalue weighted by Gasteiger charge is -2.09. The fourth-order valence-electron chi connectivity index (χ4n) is 2.13. The Balaban J connectivity index is 1.99. The normalized spacial score (nSPS) is 10.9. The molecule has 2 rings (SSSR count). The number of ether oxygens (including phenoxy) is 1. The molecule has 0 saturated carbocycles. The fourth-order valence-corrected chi connectivity index (χ4v) is 2.13. The summed E-state index contributed by atoms with van der Waals surface area (Å²) >= 11 is 0. The molecule has 0 fully saturated rings. The first-order valence-electron chi connectivity index (χ1n) is 7.16. The van der Waals surface area contributed by atoms with Crippen molar-refractivity contribution in [3.05, 3.63) is 41.3 Å². The van der Waals surface area contributed by atoms with Gasteiger partial charge < -0.3 is 15.4 Å². The number of rotatable bonds is 7. The Morgan fingerprint density at radius 2 is 2.09 bits per heavy atom. The zero-order valence-electron chi connectivity index (χ0n) is 12.8. The number of hydrogen-bond acceptors (Lipinski definition) is 4. The third kappa shape index (κ3) is 4.22. The quantitative estimate of drug-likeness (QED) is 0.764. The van der Waals surface area contributed by atoms with Gasteiger partial charge in [0, 0.05) is 38.2 Å². The van der Waals surface area contributed by atoms with E-state index in [1.165, 1.54) is 12.1 Å². The van der Waals surface area contributed by atoms with Crippen LogP contribution in [0, 0.1) is 12.7 Å². The lowest BCUT2D eigenvalue weighted by Crippen LogP contribution is -2.33. The van der Waals surface area contributed by atoms with Crippen molar-refractivity contribution in [2.24, 2.45) is 0 Å². The van der Waals surface area contributed by atoms with Crippen LogP contribution >= 0.6 is 0 Å². The van der Waals surface area contributed by atoms with Crippen molar-refractivity contribution in [1.29, 1.82) is 0 Å². The number of carbonyl (C=O) groups excluding carboxylic acids is 1. The topological polar surface area (TPSA) is 63.2 Å². The molecule has 22 heavy (non-hydrogen) atoms. The van der Waals surface area contributed by atoms with Gasteiger partial charge in [0.05, 0.1) is 23.4 Å². The van der Waals surface area contributed by atoms with Gasteiger partial charge in [0.1, 0.15) is 5.82 Å².